The number of likely N-dealkylation sites (N-methyl/N-ethyl adjacent to an activating group) is 2. The molecular formula is C82H95BBr2Cl4F7N10NaO11V7. The van der Waals surface area contributed by atoms with E-state index in [1.807, 2.05) is 132 Å². The molecule has 12 rings (SSSR count). The number of hydrogen-bond acceptors (Lipinski definition) is 16. The molecule has 6 aromatic carbocycles. The Bertz CT molecular complexity index is 4850. The van der Waals surface area contributed by atoms with E-state index in [0.717, 1.165) is 46.0 Å². The molecule has 7 radical (unpaired) electrons. The standard InChI is InChI=1S/C26H27ClF2N4O3.C23H24BrClF2N2O3.C19H15BrClF2NO3.C9H15BN2O2.C4H10ClN.CH3F.Na.7V.H/c1-25(2)23-19(20-9-10-30-31-20)14-17(15-21(23)33(24(25)35)12-11-32(3)4)22(34)13-16-5-7-18(8-6-16)36-26(27,28)29;1-22(2)20-17(24)12-15(13-18(20)29(21(22)31)10-9-28(3)4)19(30)11-14-5-7-16(8-6-14)32-23(25,26)27;1-18(2)16-13(20)8-11(9-14(16)24-17(18)26)15(25)7-10-3-5-12(6-4-10)27-19(21,22)23;1-8(2)9(3,4)14-10(13-8)7-5-6-11-12-7;1-6(2)4-3-5;1-2;;;;;;;;;/h5-10,14-15H,11-13H2,1-4H3,(H,30,31);5-8,12-13H,9-11H2,1-4H3;3-6,8-9H,7H2,1-2H3,(H,24,26);5-6H,1-4H3,(H,11,12);3-4H2,1-2H3;1H3;;;;;;;;;/q;;;;;;+1;;;;;;;;-1/i;;;;;1D;;;;;;;;;. The first kappa shape index (κ1) is 122. The molecule has 0 spiro atoms. The normalized spacial score (nSPS) is 14.8. The second-order valence-electron chi connectivity index (χ2n) is 30.9. The second-order valence-corrected chi connectivity index (χ2v) is 34.3. The number of ether oxygens (including phenoxy) is 3. The molecule has 2 aromatic heterocycles. The van der Waals surface area contributed by atoms with E-state index in [1.54, 1.807) is 64.7 Å². The Kier molecular flexibility index (Phi) is 51.5. The van der Waals surface area contributed by atoms with Crippen molar-refractivity contribution in [3.05, 3.63) is 193 Å². The molecular weight excluding hydrogens is 2130 g/mol. The maximum Gasteiger partial charge on any atom is 1.00 e. The van der Waals surface area contributed by atoms with E-state index >= 15 is 0 Å². The van der Waals surface area contributed by atoms with Gasteiger partial charge < -0.3 is 54.8 Å². The third-order valence-corrected chi connectivity index (χ3v) is 21.2. The number of halogens is 13. The van der Waals surface area contributed by atoms with E-state index in [9.17, 15) is 59.5 Å². The van der Waals surface area contributed by atoms with Gasteiger partial charge in [0.2, 0.25) is 17.7 Å². The monoisotopic (exact) mass is 2220 g/mol. The predicted molar refractivity (Wildman–Crippen MR) is 451 cm³/mol. The molecule has 3 N–H and O–H groups in total. The number of H-pyrrole nitrogens is 2. The quantitative estimate of drug-likeness (QED) is 0.0209. The Balaban J connectivity index is -0.00000157. The molecule has 21 nitrogen and oxygen atoms in total. The number of nitrogens with one attached hydrogen (secondary N) is 3. The first-order chi connectivity index (χ1) is 54.7. The van der Waals surface area contributed by atoms with Crippen LogP contribution in [0.5, 0.6) is 17.2 Å². The first-order valence-corrected chi connectivity index (χ1v) is 39.7. The van der Waals surface area contributed by atoms with Crippen LogP contribution in [0.25, 0.3) is 11.3 Å². The molecule has 4 aliphatic rings. The fourth-order valence-corrected chi connectivity index (χ4v) is 15.2. The van der Waals surface area contributed by atoms with Crippen molar-refractivity contribution >= 4 is 143 Å². The molecule has 6 heterocycles. The molecule has 0 bridgehead atoms. The summed E-state index contributed by atoms with van der Waals surface area (Å²) in [5.41, 5.74) is -4.05. The number of fused-ring (bicyclic) bond motifs is 3. The molecule has 43 heteroatoms. The molecule has 669 valence electrons. The van der Waals surface area contributed by atoms with Crippen molar-refractivity contribution in [3.8, 4) is 28.5 Å². The number of aromatic amines is 2. The molecule has 0 unspecified atom stereocenters. The third-order valence-electron chi connectivity index (χ3n) is 19.5. The summed E-state index contributed by atoms with van der Waals surface area (Å²) in [6.07, 6.45) is 3.49. The molecule has 0 saturated carbocycles. The van der Waals surface area contributed by atoms with Gasteiger partial charge in [-0.25, -0.2) is 0 Å². The van der Waals surface area contributed by atoms with Crippen LogP contribution >= 0.6 is 78.3 Å². The number of aromatic nitrogens is 4. The van der Waals surface area contributed by atoms with E-state index in [0.29, 0.717) is 85.6 Å². The molecule has 1 saturated heterocycles. The number of nitrogens with zero attached hydrogens (tertiary/aromatic N) is 7. The van der Waals surface area contributed by atoms with Crippen LogP contribution in [-0.4, -0.2) is 193 Å². The largest absolute Gasteiger partial charge is 1.00 e. The number of rotatable bonds is 25. The second kappa shape index (κ2) is 52.7. The summed E-state index contributed by atoms with van der Waals surface area (Å²) in [6, 6.07) is 31.2. The number of carbonyl (C=O) groups excluding carboxylic acids is 6. The third kappa shape index (κ3) is 34.2. The van der Waals surface area contributed by atoms with Crippen LogP contribution in [0, 0.1) is 0 Å². The maximum atomic E-state index is 13.4. The minimum atomic E-state index is -3.81. The summed E-state index contributed by atoms with van der Waals surface area (Å²) >= 11 is 26.7. The molecule has 125 heavy (non-hydrogen) atoms. The number of hydrogen-bond donors (Lipinski definition) is 3. The minimum absolute atomic E-state index is 0. The van der Waals surface area contributed by atoms with Crippen molar-refractivity contribution in [1.82, 2.24) is 35.1 Å². The Morgan fingerprint density at radius 3 is 1.18 bits per heavy atom. The summed E-state index contributed by atoms with van der Waals surface area (Å²) in [4.78, 5) is 87.1. The van der Waals surface area contributed by atoms with Crippen LogP contribution in [-0.2, 0) is 189 Å². The smallest absolute Gasteiger partial charge is 1.00 e. The molecule has 3 amide bonds. The number of amides is 3. The summed E-state index contributed by atoms with van der Waals surface area (Å²) in [7, 11) is 10.4. The molecule has 1 fully saturated rings. The summed E-state index contributed by atoms with van der Waals surface area (Å²) in [5.74, 6) is -0.259. The zero-order valence-electron chi connectivity index (χ0n) is 73.5. The van der Waals surface area contributed by atoms with Crippen LogP contribution in [0.2, 0.25) is 0 Å². The van der Waals surface area contributed by atoms with Crippen LogP contribution in [0.4, 0.5) is 47.8 Å². The maximum absolute atomic E-state index is 13.4. The minimum Gasteiger partial charge on any atom is -1.00 e. The van der Waals surface area contributed by atoms with Gasteiger partial charge in [-0.2, -0.15) is 10.2 Å². The Morgan fingerprint density at radius 1 is 0.512 bits per heavy atom. The van der Waals surface area contributed by atoms with E-state index in [4.69, 9.17) is 57.1 Å². The molecule has 0 atom stereocenters. The van der Waals surface area contributed by atoms with Crippen LogP contribution < -0.4 is 64.5 Å². The number of benzene rings is 6. The molecule has 0 aliphatic carbocycles. The van der Waals surface area contributed by atoms with E-state index in [2.05, 4.69) is 71.8 Å². The number of alkyl halides is 11. The summed E-state index contributed by atoms with van der Waals surface area (Å²) in [5, 5.41) is 16.5. The van der Waals surface area contributed by atoms with Crippen molar-refractivity contribution in [2.24, 2.45) is 0 Å². The van der Waals surface area contributed by atoms with Gasteiger partial charge in [-0.3, -0.25) is 43.4 Å². The summed E-state index contributed by atoms with van der Waals surface area (Å²) in [6.45, 7) is 22.6. The van der Waals surface area contributed by atoms with E-state index < -0.39 is 40.1 Å². The van der Waals surface area contributed by atoms with E-state index in [-0.39, 0.29) is 251 Å². The average molecular weight is 2220 g/mol. The Morgan fingerprint density at radius 2 is 0.848 bits per heavy atom. The fourth-order valence-electron chi connectivity index (χ4n) is 12.7. The van der Waals surface area contributed by atoms with Gasteiger partial charge in [-0.15, -0.1) is 37.9 Å². The van der Waals surface area contributed by atoms with E-state index in [1.165, 1.54) is 72.8 Å². The van der Waals surface area contributed by atoms with Crippen molar-refractivity contribution in [3.63, 3.8) is 0 Å². The van der Waals surface area contributed by atoms with Gasteiger partial charge in [0.15, 0.2) is 17.3 Å². The first-order valence-electron chi connectivity index (χ1n) is 37.1. The van der Waals surface area contributed by atoms with Crippen LogP contribution in [0.15, 0.2) is 143 Å². The fraction of sp³-hybridized carbons (Fsp3) is 0.415. The van der Waals surface area contributed by atoms with Gasteiger partial charge in [0.05, 0.1) is 47.3 Å². The zero-order chi connectivity index (χ0) is 88.2. The SMILES string of the molecule is CC1(C)C(=O)Nc2cc(C(=O)Cc3ccc(OC(F)(F)Cl)cc3)cc(Br)c21.CC1(C)OB(c2ccn[nH]2)OC1(C)C.CN(C)CCCl.CN(C)CCN1C(=O)C(C)(C)c2c(-c3ccn[nH]3)cc(C(=O)Cc3ccc(OC(F)(F)Cl)cc3)cc21.CN(C)CCN1C(=O)C(C)(C)c2c(Br)cc(C(=O)Cc3ccc(OC(F)(F)Cl)cc3)cc21.[2H]CF.[H-].[Na+].[V].[V].[V].[V].[V].[V].[V]. The number of anilines is 3. The Hall–Kier alpha value is -2.85. The van der Waals surface area contributed by atoms with Gasteiger partial charge >= 0.3 is 53.4 Å². The zero-order valence-corrected chi connectivity index (χ0v) is 89.5. The van der Waals surface area contributed by atoms with Crippen molar-refractivity contribution in [2.75, 3.05) is 103 Å². The van der Waals surface area contributed by atoms with Crippen LogP contribution in [0.3, 0.4) is 0 Å². The average Bonchev–Trinajstić information content (AvgIpc) is 1.58. The van der Waals surface area contributed by atoms with Crippen molar-refractivity contribution < 1.29 is 245 Å². The number of ketones is 3. The van der Waals surface area contributed by atoms with Gasteiger partial charge in [0.1, 0.15) is 17.2 Å². The topological polar surface area (TPSA) is 234 Å². The summed E-state index contributed by atoms with van der Waals surface area (Å²) < 4.78 is 118. The number of carbonyl (C=O) groups is 6. The number of Topliss-reactive ketones (excluding diaryl/α,β-unsaturated/α-hetero) is 3. The van der Waals surface area contributed by atoms with Crippen molar-refractivity contribution in [2.45, 2.75) is 133 Å². The predicted octanol–water partition coefficient (Wildman–Crippen LogP) is 14.5. The van der Waals surface area contributed by atoms with Crippen LogP contribution in [0.1, 0.15) is 136 Å². The van der Waals surface area contributed by atoms with Crippen molar-refractivity contribution in [1.29, 1.82) is 0 Å². The van der Waals surface area contributed by atoms with Gasteiger partial charge in [0.25, 0.3) is 0 Å². The molecule has 8 aromatic rings. The van der Waals surface area contributed by atoms with Gasteiger partial charge in [-0.05, 0) is 213 Å². The Labute approximate surface area is 870 Å². The van der Waals surface area contributed by atoms with Gasteiger partial charge in [-0.1, -0.05) is 68.3 Å². The van der Waals surface area contributed by atoms with Gasteiger partial charge in [0, 0.05) is 300 Å². The molecule has 4 aliphatic heterocycles.